The molecule has 0 fully saturated rings. The lowest BCUT2D eigenvalue weighted by Gasteiger charge is -2.69. The quantitative estimate of drug-likeness (QED) is 0.0421. The van der Waals surface area contributed by atoms with Crippen LogP contribution >= 0.6 is 0 Å². The molecule has 0 aromatic carbocycles. The number of hydrogen-bond donors (Lipinski definition) is 0. The summed E-state index contributed by atoms with van der Waals surface area (Å²) in [5.74, 6) is 0.807. The molecular formula is C77H154N+. The van der Waals surface area contributed by atoms with Gasteiger partial charge < -0.3 is 0 Å². The SMILES string of the molecule is CCCCCCCCC1=C(CCCCCCCC)[N+](CCCCCCCC)(CCCCCCCC)C(CCCCCCCC)(CCCCCCCC)C(CCCCCCCC)(CCCCCCCC)C1CCCCCCCC. The van der Waals surface area contributed by atoms with Crippen molar-refractivity contribution in [3.63, 3.8) is 0 Å². The van der Waals surface area contributed by atoms with E-state index in [-0.39, 0.29) is 0 Å². The highest BCUT2D eigenvalue weighted by atomic mass is 15.4. The Hall–Kier alpha value is -0.300. The summed E-state index contributed by atoms with van der Waals surface area (Å²) in [6, 6.07) is 0. The lowest BCUT2D eigenvalue weighted by molar-refractivity contribution is -0.960. The van der Waals surface area contributed by atoms with E-state index in [4.69, 9.17) is 0 Å². The summed E-state index contributed by atoms with van der Waals surface area (Å²) in [6.45, 7) is 24.9. The van der Waals surface area contributed by atoms with Crippen molar-refractivity contribution >= 4 is 0 Å². The first-order chi connectivity index (χ1) is 38.5. The van der Waals surface area contributed by atoms with Crippen molar-refractivity contribution < 1.29 is 4.48 Å². The summed E-state index contributed by atoms with van der Waals surface area (Å²) < 4.78 is 1.50. The Morgan fingerprint density at radius 3 is 0.808 bits per heavy atom. The normalized spacial score (nSPS) is 16.0. The van der Waals surface area contributed by atoms with E-state index in [0.29, 0.717) is 11.0 Å². The highest BCUT2D eigenvalue weighted by Gasteiger charge is 2.68. The fourth-order valence-corrected chi connectivity index (χ4v) is 16.2. The third kappa shape index (κ3) is 31.6. The molecule has 78 heavy (non-hydrogen) atoms. The number of unbranched alkanes of at least 4 members (excludes halogenated alkanes) is 45. The van der Waals surface area contributed by atoms with Gasteiger partial charge in [-0.25, -0.2) is 0 Å². The molecule has 1 atom stereocenters. The van der Waals surface area contributed by atoms with Gasteiger partial charge in [0.25, 0.3) is 0 Å². The average Bonchev–Trinajstić information content (AvgIpc) is 3.51. The summed E-state index contributed by atoms with van der Waals surface area (Å²) in [5.41, 5.74) is 5.10. The van der Waals surface area contributed by atoms with Crippen molar-refractivity contribution in [1.82, 2.24) is 0 Å². The van der Waals surface area contributed by atoms with Gasteiger partial charge in [0, 0.05) is 24.7 Å². The molecule has 0 saturated heterocycles. The van der Waals surface area contributed by atoms with Crippen LogP contribution in [0.1, 0.15) is 454 Å². The Bertz CT molecular complexity index is 1190. The fourth-order valence-electron chi connectivity index (χ4n) is 16.2. The zero-order chi connectivity index (χ0) is 56.8. The maximum atomic E-state index is 2.44. The predicted molar refractivity (Wildman–Crippen MR) is 358 cm³/mol. The smallest absolute Gasteiger partial charge is 0.110 e. The van der Waals surface area contributed by atoms with Gasteiger partial charge in [-0.15, -0.1) is 0 Å². The molecule has 1 heterocycles. The fraction of sp³-hybridized carbons (Fsp3) is 0.974. The molecule has 1 aliphatic heterocycles. The molecule has 0 bridgehead atoms. The Morgan fingerprint density at radius 1 is 0.244 bits per heavy atom. The van der Waals surface area contributed by atoms with E-state index in [2.05, 4.69) is 73.6 Å². The van der Waals surface area contributed by atoms with Crippen molar-refractivity contribution in [3.8, 4) is 0 Å². The van der Waals surface area contributed by atoms with Crippen LogP contribution in [0, 0.1) is 11.3 Å². The maximum absolute atomic E-state index is 2.44. The topological polar surface area (TPSA) is 0 Å². The molecule has 0 aromatic heterocycles. The minimum atomic E-state index is 0.358. The molecule has 0 N–H and O–H groups in total. The van der Waals surface area contributed by atoms with Gasteiger partial charge in [-0.1, -0.05) is 358 Å². The Kier molecular flexibility index (Phi) is 53.0. The number of rotatable bonds is 63. The van der Waals surface area contributed by atoms with Gasteiger partial charge in [0.1, 0.15) is 11.2 Å². The average molecular weight is 1090 g/mol. The third-order valence-electron chi connectivity index (χ3n) is 20.8. The number of quaternary nitrogens is 1. The van der Waals surface area contributed by atoms with Crippen LogP contribution in [-0.2, 0) is 0 Å². The number of nitrogens with zero attached hydrogens (tertiary/aromatic N) is 1. The van der Waals surface area contributed by atoms with Gasteiger partial charge in [0.2, 0.25) is 0 Å². The van der Waals surface area contributed by atoms with Crippen molar-refractivity contribution in [2.24, 2.45) is 11.3 Å². The zero-order valence-corrected chi connectivity index (χ0v) is 56.6. The number of allylic oxidation sites excluding steroid dienone is 2. The molecular weight excluding hydrogens is 939 g/mol. The molecule has 0 aliphatic carbocycles. The third-order valence-corrected chi connectivity index (χ3v) is 20.8. The van der Waals surface area contributed by atoms with E-state index in [9.17, 15) is 0 Å². The first-order valence-electron chi connectivity index (χ1n) is 38.1. The van der Waals surface area contributed by atoms with Gasteiger partial charge in [0.05, 0.1) is 13.1 Å². The van der Waals surface area contributed by atoms with Crippen LogP contribution in [0.15, 0.2) is 11.3 Å². The molecule has 0 amide bonds. The Labute approximate surface area is 497 Å². The molecule has 0 aromatic rings. The molecule has 1 heteroatoms. The second-order valence-corrected chi connectivity index (χ2v) is 27.3. The van der Waals surface area contributed by atoms with Crippen LogP contribution in [0.3, 0.4) is 0 Å². The predicted octanol–water partition coefficient (Wildman–Crippen LogP) is 28.4. The first-order valence-corrected chi connectivity index (χ1v) is 38.1. The molecule has 0 radical (unpaired) electrons. The monoisotopic (exact) mass is 1090 g/mol. The molecule has 1 nitrogen and oxygen atoms in total. The lowest BCUT2D eigenvalue weighted by atomic mass is 9.48. The lowest BCUT2D eigenvalue weighted by Crippen LogP contribution is -2.75. The van der Waals surface area contributed by atoms with Gasteiger partial charge in [-0.3, -0.25) is 4.48 Å². The highest BCUT2D eigenvalue weighted by Crippen LogP contribution is 2.66. The van der Waals surface area contributed by atoms with E-state index in [1.807, 2.05) is 0 Å². The summed E-state index contributed by atoms with van der Waals surface area (Å²) in [7, 11) is 0. The maximum Gasteiger partial charge on any atom is 0.110 e. The largest absolute Gasteiger partial charge is 0.289 e. The van der Waals surface area contributed by atoms with Crippen molar-refractivity contribution in [2.45, 2.75) is 460 Å². The van der Waals surface area contributed by atoms with Crippen LogP contribution in [-0.4, -0.2) is 23.1 Å². The molecule has 466 valence electrons. The first kappa shape index (κ1) is 75.7. The van der Waals surface area contributed by atoms with E-state index in [0.717, 1.165) is 5.92 Å². The van der Waals surface area contributed by atoms with Gasteiger partial charge in [0.15, 0.2) is 0 Å². The minimum absolute atomic E-state index is 0.358. The second kappa shape index (κ2) is 54.6. The van der Waals surface area contributed by atoms with Crippen molar-refractivity contribution in [2.75, 3.05) is 13.1 Å². The highest BCUT2D eigenvalue weighted by molar-refractivity contribution is 5.26. The van der Waals surface area contributed by atoms with Crippen LogP contribution in [0.2, 0.25) is 0 Å². The zero-order valence-electron chi connectivity index (χ0n) is 56.6. The summed E-state index contributed by atoms with van der Waals surface area (Å²) in [4.78, 5) is 0. The number of hydrogen-bond acceptors (Lipinski definition) is 0. The molecule has 1 rings (SSSR count). The van der Waals surface area contributed by atoms with E-state index in [1.165, 1.54) is 384 Å². The van der Waals surface area contributed by atoms with Crippen LogP contribution in [0.4, 0.5) is 0 Å². The van der Waals surface area contributed by atoms with Crippen LogP contribution < -0.4 is 0 Å². The van der Waals surface area contributed by atoms with E-state index < -0.39 is 0 Å². The standard InChI is InChI=1S/C77H154N/c1-10-19-28-37-46-55-64-73-74(65-56-47-38-29-20-11-2)76(67-58-49-40-31-22-13-4,68-59-50-41-32-23-14-5)77(69-60-51-42-33-24-15-6,70-61-52-43-34-25-16-7)78(71-62-53-44-35-26-17-8,72-63-54-45-36-27-18-9)75(73)66-57-48-39-30-21-12-3/h74H,10-72H2,1-9H3/q+1. The molecule has 1 unspecified atom stereocenters. The van der Waals surface area contributed by atoms with Gasteiger partial charge in [-0.05, 0) is 88.5 Å². The van der Waals surface area contributed by atoms with Crippen LogP contribution in [0.25, 0.3) is 0 Å². The van der Waals surface area contributed by atoms with Crippen molar-refractivity contribution in [3.05, 3.63) is 11.3 Å². The minimum Gasteiger partial charge on any atom is -0.289 e. The Morgan fingerprint density at radius 2 is 0.487 bits per heavy atom. The van der Waals surface area contributed by atoms with Gasteiger partial charge >= 0.3 is 0 Å². The Balaban J connectivity index is 4.84. The summed E-state index contributed by atoms with van der Waals surface area (Å²) in [6.07, 6.45) is 88.9. The second-order valence-electron chi connectivity index (χ2n) is 27.3. The van der Waals surface area contributed by atoms with Crippen LogP contribution in [0.5, 0.6) is 0 Å². The van der Waals surface area contributed by atoms with Crippen molar-refractivity contribution in [1.29, 1.82) is 0 Å². The van der Waals surface area contributed by atoms with Gasteiger partial charge in [-0.2, -0.15) is 0 Å². The van der Waals surface area contributed by atoms with E-state index >= 15 is 0 Å². The molecule has 0 spiro atoms. The summed E-state index contributed by atoms with van der Waals surface area (Å²) >= 11 is 0. The summed E-state index contributed by atoms with van der Waals surface area (Å²) in [5, 5.41) is 0. The molecule has 1 aliphatic rings. The molecule has 0 saturated carbocycles. The van der Waals surface area contributed by atoms with E-state index in [1.54, 1.807) is 25.7 Å².